The topological polar surface area (TPSA) is 59.5 Å². The van der Waals surface area contributed by atoms with E-state index in [1.807, 2.05) is 66.7 Å². The molecule has 0 saturated carbocycles. The Labute approximate surface area is 182 Å². The van der Waals surface area contributed by atoms with E-state index in [0.717, 1.165) is 16.7 Å². The van der Waals surface area contributed by atoms with Crippen molar-refractivity contribution < 1.29 is 13.2 Å². The summed E-state index contributed by atoms with van der Waals surface area (Å²) < 4.78 is 33.9. The van der Waals surface area contributed by atoms with Crippen LogP contribution < -0.4 is 9.04 Å². The number of ether oxygens (including phenoxy) is 1. The third-order valence-electron chi connectivity index (χ3n) is 4.95. The minimum absolute atomic E-state index is 0.180. The molecule has 4 rings (SSSR count). The lowest BCUT2D eigenvalue weighted by Crippen LogP contribution is -2.30. The maximum atomic E-state index is 13.6. The summed E-state index contributed by atoms with van der Waals surface area (Å²) in [6.07, 6.45) is 3.50. The van der Waals surface area contributed by atoms with Gasteiger partial charge in [0, 0.05) is 18.5 Å². The van der Waals surface area contributed by atoms with Crippen LogP contribution >= 0.6 is 0 Å². The molecule has 6 heteroatoms. The molecule has 0 N–H and O–H groups in total. The highest BCUT2D eigenvalue weighted by Gasteiger charge is 2.26. The largest absolute Gasteiger partial charge is 0.497 e. The maximum absolute atomic E-state index is 13.6. The monoisotopic (exact) mass is 430 g/mol. The Balaban J connectivity index is 1.75. The molecular formula is C25H22N2O3S. The summed E-state index contributed by atoms with van der Waals surface area (Å²) in [5, 5.41) is 0. The summed E-state index contributed by atoms with van der Waals surface area (Å²) in [6.45, 7) is 0.215. The average molecular weight is 431 g/mol. The van der Waals surface area contributed by atoms with Crippen LogP contribution in [0.2, 0.25) is 0 Å². The summed E-state index contributed by atoms with van der Waals surface area (Å²) in [5.74, 6) is 0.493. The van der Waals surface area contributed by atoms with Crippen LogP contribution in [0.15, 0.2) is 108 Å². The quantitative estimate of drug-likeness (QED) is 0.407. The van der Waals surface area contributed by atoms with E-state index in [1.54, 1.807) is 30.6 Å². The number of sulfonamides is 1. The molecule has 156 valence electrons. The summed E-state index contributed by atoms with van der Waals surface area (Å²) >= 11 is 0. The van der Waals surface area contributed by atoms with E-state index >= 15 is 0 Å². The van der Waals surface area contributed by atoms with Crippen molar-refractivity contribution in [2.45, 2.75) is 11.4 Å². The minimum atomic E-state index is -3.82. The second-order valence-corrected chi connectivity index (χ2v) is 8.83. The third-order valence-corrected chi connectivity index (χ3v) is 6.72. The molecule has 0 aliphatic rings. The zero-order chi connectivity index (χ0) is 21.7. The molecule has 0 aliphatic carbocycles. The lowest BCUT2D eigenvalue weighted by atomic mass is 10.1. The molecule has 3 aromatic carbocycles. The predicted molar refractivity (Wildman–Crippen MR) is 122 cm³/mol. The molecule has 4 aromatic rings. The average Bonchev–Trinajstić information content (AvgIpc) is 2.84. The van der Waals surface area contributed by atoms with Crippen LogP contribution in [0, 0.1) is 0 Å². The number of hydrogen-bond donors (Lipinski definition) is 0. The van der Waals surface area contributed by atoms with E-state index in [-0.39, 0.29) is 11.4 Å². The molecule has 0 bridgehead atoms. The molecular weight excluding hydrogens is 408 g/mol. The van der Waals surface area contributed by atoms with Gasteiger partial charge in [-0.2, -0.15) is 0 Å². The van der Waals surface area contributed by atoms with Gasteiger partial charge in [-0.25, -0.2) is 8.42 Å². The van der Waals surface area contributed by atoms with Crippen LogP contribution in [0.5, 0.6) is 5.75 Å². The zero-order valence-electron chi connectivity index (χ0n) is 17.0. The first kappa shape index (κ1) is 20.6. The maximum Gasteiger partial charge on any atom is 0.264 e. The number of benzene rings is 3. The van der Waals surface area contributed by atoms with Crippen molar-refractivity contribution in [3.8, 4) is 16.9 Å². The number of anilines is 1. The first-order valence-corrected chi connectivity index (χ1v) is 11.2. The van der Waals surface area contributed by atoms with Crippen LogP contribution in [-0.2, 0) is 16.6 Å². The van der Waals surface area contributed by atoms with Crippen molar-refractivity contribution in [1.29, 1.82) is 0 Å². The Morgan fingerprint density at radius 3 is 2.29 bits per heavy atom. The SMILES string of the molecule is COc1cccc(S(=O)(=O)N(Cc2ccccc2)c2ccc(-c3cccnc3)cc2)c1. The second kappa shape index (κ2) is 9.02. The molecule has 0 atom stereocenters. The third kappa shape index (κ3) is 4.59. The highest BCUT2D eigenvalue weighted by atomic mass is 32.2. The van der Waals surface area contributed by atoms with Gasteiger partial charge in [0.05, 0.1) is 24.2 Å². The summed E-state index contributed by atoms with van der Waals surface area (Å²) in [6, 6.07) is 27.4. The van der Waals surface area contributed by atoms with Crippen molar-refractivity contribution in [1.82, 2.24) is 4.98 Å². The van der Waals surface area contributed by atoms with E-state index < -0.39 is 10.0 Å². The standard InChI is InChI=1S/C25H22N2O3S/c1-30-24-10-5-11-25(17-24)31(28,29)27(19-20-7-3-2-4-8-20)23-14-12-21(13-15-23)22-9-6-16-26-18-22/h2-18H,19H2,1H3. The van der Waals surface area contributed by atoms with Gasteiger partial charge in [-0.15, -0.1) is 0 Å². The van der Waals surface area contributed by atoms with E-state index in [4.69, 9.17) is 4.74 Å². The van der Waals surface area contributed by atoms with Gasteiger partial charge < -0.3 is 4.74 Å². The van der Waals surface area contributed by atoms with Gasteiger partial charge in [-0.3, -0.25) is 9.29 Å². The smallest absolute Gasteiger partial charge is 0.264 e. The van der Waals surface area contributed by atoms with Crippen LogP contribution in [0.25, 0.3) is 11.1 Å². The number of nitrogens with zero attached hydrogens (tertiary/aromatic N) is 2. The molecule has 0 spiro atoms. The van der Waals surface area contributed by atoms with Crippen LogP contribution in [0.1, 0.15) is 5.56 Å². The number of aromatic nitrogens is 1. The molecule has 0 radical (unpaired) electrons. The fourth-order valence-corrected chi connectivity index (χ4v) is 4.80. The first-order chi connectivity index (χ1) is 15.1. The van der Waals surface area contributed by atoms with Crippen LogP contribution in [0.4, 0.5) is 5.69 Å². The summed E-state index contributed by atoms with van der Waals surface area (Å²) in [4.78, 5) is 4.33. The molecule has 5 nitrogen and oxygen atoms in total. The van der Waals surface area contributed by atoms with Gasteiger partial charge in [-0.05, 0) is 47.0 Å². The number of rotatable bonds is 7. The van der Waals surface area contributed by atoms with Gasteiger partial charge in [-0.1, -0.05) is 54.6 Å². The summed E-state index contributed by atoms with van der Waals surface area (Å²) in [5.41, 5.74) is 3.42. The predicted octanol–water partition coefficient (Wildman–Crippen LogP) is 5.15. The van der Waals surface area contributed by atoms with Gasteiger partial charge in [0.1, 0.15) is 5.75 Å². The Kier molecular flexibility index (Phi) is 6.00. The Morgan fingerprint density at radius 2 is 1.61 bits per heavy atom. The number of hydrogen-bond acceptors (Lipinski definition) is 4. The van der Waals surface area contributed by atoms with Gasteiger partial charge >= 0.3 is 0 Å². The Morgan fingerprint density at radius 1 is 0.839 bits per heavy atom. The zero-order valence-corrected chi connectivity index (χ0v) is 17.9. The molecule has 0 amide bonds. The van der Waals surface area contributed by atoms with Gasteiger partial charge in [0.25, 0.3) is 10.0 Å². The Hall–Kier alpha value is -3.64. The molecule has 0 fully saturated rings. The molecule has 0 unspecified atom stereocenters. The number of pyridine rings is 1. The van der Waals surface area contributed by atoms with Gasteiger partial charge in [0.15, 0.2) is 0 Å². The highest BCUT2D eigenvalue weighted by molar-refractivity contribution is 7.92. The van der Waals surface area contributed by atoms with E-state index in [0.29, 0.717) is 11.4 Å². The molecule has 1 heterocycles. The lowest BCUT2D eigenvalue weighted by molar-refractivity contribution is 0.413. The number of methoxy groups -OCH3 is 1. The van der Waals surface area contributed by atoms with Crippen molar-refractivity contribution >= 4 is 15.7 Å². The minimum Gasteiger partial charge on any atom is -0.497 e. The van der Waals surface area contributed by atoms with E-state index in [1.165, 1.54) is 17.5 Å². The fourth-order valence-electron chi connectivity index (χ4n) is 3.31. The van der Waals surface area contributed by atoms with E-state index in [2.05, 4.69) is 4.98 Å². The van der Waals surface area contributed by atoms with Crippen LogP contribution in [-0.4, -0.2) is 20.5 Å². The van der Waals surface area contributed by atoms with Crippen molar-refractivity contribution in [3.63, 3.8) is 0 Å². The van der Waals surface area contributed by atoms with E-state index in [9.17, 15) is 8.42 Å². The van der Waals surface area contributed by atoms with Crippen molar-refractivity contribution in [2.24, 2.45) is 0 Å². The molecule has 31 heavy (non-hydrogen) atoms. The summed E-state index contributed by atoms with van der Waals surface area (Å²) in [7, 11) is -2.30. The van der Waals surface area contributed by atoms with Gasteiger partial charge in [0.2, 0.25) is 0 Å². The molecule has 0 aliphatic heterocycles. The highest BCUT2D eigenvalue weighted by Crippen LogP contribution is 2.29. The molecule has 1 aromatic heterocycles. The normalized spacial score (nSPS) is 11.1. The van der Waals surface area contributed by atoms with Crippen molar-refractivity contribution in [2.75, 3.05) is 11.4 Å². The van der Waals surface area contributed by atoms with Crippen LogP contribution in [0.3, 0.4) is 0 Å². The second-order valence-electron chi connectivity index (χ2n) is 6.96. The molecule has 0 saturated heterocycles. The Bertz CT molecular complexity index is 1240. The fraction of sp³-hybridized carbons (Fsp3) is 0.0800. The van der Waals surface area contributed by atoms with Crippen molar-refractivity contribution in [3.05, 3.63) is 109 Å². The lowest BCUT2D eigenvalue weighted by Gasteiger charge is -2.25. The first-order valence-electron chi connectivity index (χ1n) is 9.79.